The standard InChI is InChI=1S/C20H14ClF5N4O5/c1-33-16-12(13(21)27-7-28-16)15(32)29-9-3-11-10(34-20(25,26)35-11)2-8(9)14(31)30-18-4-17(5-18,6-18)19(22,23)24/h2-3,7H,4-6H2,1H3,(H,29,32)(H,30,31). The number of nitrogens with zero attached hydrogens (tertiary/aromatic N) is 2. The number of methoxy groups -OCH3 is 1. The minimum Gasteiger partial charge on any atom is -0.480 e. The Morgan fingerprint density at radius 2 is 1.71 bits per heavy atom. The van der Waals surface area contributed by atoms with Crippen LogP contribution in [-0.2, 0) is 0 Å². The van der Waals surface area contributed by atoms with Crippen molar-refractivity contribution in [3.63, 3.8) is 0 Å². The number of benzene rings is 1. The average molecular weight is 521 g/mol. The molecule has 0 atom stereocenters. The summed E-state index contributed by atoms with van der Waals surface area (Å²) >= 11 is 5.96. The lowest BCUT2D eigenvalue weighted by Crippen LogP contribution is -2.78. The molecular formula is C20H14ClF5N4O5. The SMILES string of the molecule is COc1ncnc(Cl)c1C(=O)Nc1cc2c(cc1C(=O)NC13CC(C(F)(F)F)(C1)C3)OC(F)(F)O2. The summed E-state index contributed by atoms with van der Waals surface area (Å²) in [6.45, 7) is 0. The molecule has 1 aliphatic heterocycles. The van der Waals surface area contributed by atoms with E-state index in [1.807, 2.05) is 0 Å². The van der Waals surface area contributed by atoms with E-state index >= 15 is 0 Å². The molecule has 9 nitrogen and oxygen atoms in total. The number of fused-ring (bicyclic) bond motifs is 1. The smallest absolute Gasteiger partial charge is 0.480 e. The number of anilines is 1. The average Bonchev–Trinajstić information content (AvgIpc) is 3.00. The number of alkyl halides is 5. The lowest BCUT2D eigenvalue weighted by molar-refractivity contribution is -0.336. The van der Waals surface area contributed by atoms with Crippen molar-refractivity contribution in [1.29, 1.82) is 0 Å². The third-order valence-electron chi connectivity index (χ3n) is 6.23. The maximum atomic E-state index is 13.6. The van der Waals surface area contributed by atoms with E-state index in [4.69, 9.17) is 16.3 Å². The number of rotatable bonds is 5. The van der Waals surface area contributed by atoms with Crippen LogP contribution in [0.25, 0.3) is 0 Å². The fourth-order valence-electron chi connectivity index (χ4n) is 4.70. The van der Waals surface area contributed by atoms with Crippen LogP contribution < -0.4 is 24.8 Å². The number of hydrogen-bond acceptors (Lipinski definition) is 7. The largest absolute Gasteiger partial charge is 0.586 e. The van der Waals surface area contributed by atoms with Crippen LogP contribution in [0.4, 0.5) is 27.6 Å². The van der Waals surface area contributed by atoms with Crippen molar-refractivity contribution in [3.8, 4) is 17.4 Å². The van der Waals surface area contributed by atoms with E-state index in [1.54, 1.807) is 0 Å². The minimum absolute atomic E-state index is 0.202. The van der Waals surface area contributed by atoms with Gasteiger partial charge in [0.05, 0.1) is 23.8 Å². The summed E-state index contributed by atoms with van der Waals surface area (Å²) in [4.78, 5) is 33.4. The predicted molar refractivity (Wildman–Crippen MR) is 107 cm³/mol. The topological polar surface area (TPSA) is 112 Å². The first-order valence-electron chi connectivity index (χ1n) is 9.96. The van der Waals surface area contributed by atoms with Crippen LogP contribution in [0, 0.1) is 5.41 Å². The molecule has 3 aliphatic carbocycles. The molecule has 2 heterocycles. The third kappa shape index (κ3) is 3.66. The van der Waals surface area contributed by atoms with Gasteiger partial charge in [0.2, 0.25) is 5.88 Å². The van der Waals surface area contributed by atoms with E-state index in [0.29, 0.717) is 0 Å². The van der Waals surface area contributed by atoms with E-state index in [2.05, 4.69) is 30.1 Å². The van der Waals surface area contributed by atoms with Gasteiger partial charge < -0.3 is 24.8 Å². The van der Waals surface area contributed by atoms with Crippen LogP contribution in [0.5, 0.6) is 17.4 Å². The molecule has 4 aliphatic rings. The lowest BCUT2D eigenvalue weighted by atomic mass is 9.39. The minimum atomic E-state index is -4.39. The Balaban J connectivity index is 1.44. The number of amides is 2. The first kappa shape index (κ1) is 23.3. The molecule has 1 aromatic heterocycles. The number of halogens is 6. The van der Waals surface area contributed by atoms with Crippen LogP contribution in [0.2, 0.25) is 5.15 Å². The molecule has 0 radical (unpaired) electrons. The lowest BCUT2D eigenvalue weighted by Gasteiger charge is -2.70. The molecule has 6 rings (SSSR count). The number of ether oxygens (including phenoxy) is 3. The highest BCUT2D eigenvalue weighted by Crippen LogP contribution is 2.73. The summed E-state index contributed by atoms with van der Waals surface area (Å²) in [6.07, 6.45) is -8.27. The van der Waals surface area contributed by atoms with Crippen molar-refractivity contribution in [2.75, 3.05) is 12.4 Å². The molecule has 1 aromatic carbocycles. The maximum Gasteiger partial charge on any atom is 0.586 e. The molecule has 2 bridgehead atoms. The van der Waals surface area contributed by atoms with E-state index in [0.717, 1.165) is 18.5 Å². The zero-order chi connectivity index (χ0) is 25.4. The highest BCUT2D eigenvalue weighted by Gasteiger charge is 2.79. The van der Waals surface area contributed by atoms with Gasteiger partial charge in [-0.2, -0.15) is 13.2 Å². The predicted octanol–water partition coefficient (Wildman–Crippen LogP) is 3.93. The molecule has 0 unspecified atom stereocenters. The van der Waals surface area contributed by atoms with Gasteiger partial charge in [0.1, 0.15) is 17.0 Å². The summed E-state index contributed by atoms with van der Waals surface area (Å²) in [7, 11) is 1.22. The van der Waals surface area contributed by atoms with E-state index in [-0.39, 0.29) is 47.1 Å². The molecule has 2 N–H and O–H groups in total. The van der Waals surface area contributed by atoms with Gasteiger partial charge in [0.25, 0.3) is 11.8 Å². The number of carbonyl (C=O) groups excluding carboxylic acids is 2. The fourth-order valence-corrected chi connectivity index (χ4v) is 4.91. The second-order valence-electron chi connectivity index (χ2n) is 8.56. The van der Waals surface area contributed by atoms with Crippen molar-refractivity contribution in [2.45, 2.75) is 37.3 Å². The summed E-state index contributed by atoms with van der Waals surface area (Å²) < 4.78 is 80.3. The number of carbonyl (C=O) groups is 2. The molecule has 15 heteroatoms. The zero-order valence-corrected chi connectivity index (χ0v) is 18.3. The van der Waals surface area contributed by atoms with Crippen LogP contribution in [-0.4, -0.2) is 46.9 Å². The molecule has 3 saturated carbocycles. The molecule has 2 amide bonds. The molecule has 0 spiro atoms. The highest BCUT2D eigenvalue weighted by atomic mass is 35.5. The maximum absolute atomic E-state index is 13.6. The van der Waals surface area contributed by atoms with Crippen LogP contribution >= 0.6 is 11.6 Å². The van der Waals surface area contributed by atoms with Crippen molar-refractivity contribution in [2.24, 2.45) is 5.41 Å². The second-order valence-corrected chi connectivity index (χ2v) is 8.92. The quantitative estimate of drug-likeness (QED) is 0.454. The van der Waals surface area contributed by atoms with E-state index in [9.17, 15) is 31.5 Å². The molecule has 2 aromatic rings. The van der Waals surface area contributed by atoms with Gasteiger partial charge in [-0.25, -0.2) is 9.97 Å². The third-order valence-corrected chi connectivity index (χ3v) is 6.52. The molecule has 3 fully saturated rings. The normalized spacial score (nSPS) is 25.2. The van der Waals surface area contributed by atoms with Crippen LogP contribution in [0.15, 0.2) is 18.5 Å². The van der Waals surface area contributed by atoms with Crippen molar-refractivity contribution in [1.82, 2.24) is 15.3 Å². The summed E-state index contributed by atoms with van der Waals surface area (Å²) in [5.74, 6) is -3.03. The zero-order valence-electron chi connectivity index (χ0n) is 17.6. The van der Waals surface area contributed by atoms with Crippen molar-refractivity contribution >= 4 is 29.1 Å². The van der Waals surface area contributed by atoms with Gasteiger partial charge in [-0.15, -0.1) is 8.78 Å². The Hall–Kier alpha value is -3.42. The first-order chi connectivity index (χ1) is 16.3. The first-order valence-corrected chi connectivity index (χ1v) is 10.3. The number of aromatic nitrogens is 2. The Kier molecular flexibility index (Phi) is 4.86. The Labute approximate surface area is 197 Å². The fraction of sp³-hybridized carbons (Fsp3) is 0.400. The molecule has 186 valence electrons. The summed E-state index contributed by atoms with van der Waals surface area (Å²) in [5.41, 5.74) is -3.86. The van der Waals surface area contributed by atoms with E-state index < -0.39 is 46.7 Å². The monoisotopic (exact) mass is 520 g/mol. The van der Waals surface area contributed by atoms with Crippen LogP contribution in [0.1, 0.15) is 40.0 Å². The van der Waals surface area contributed by atoms with Gasteiger partial charge >= 0.3 is 12.5 Å². The Bertz CT molecular complexity index is 1250. The van der Waals surface area contributed by atoms with Gasteiger partial charge in [-0.3, -0.25) is 9.59 Å². The Morgan fingerprint density at radius 3 is 2.31 bits per heavy atom. The number of hydrogen-bond donors (Lipinski definition) is 2. The van der Waals surface area contributed by atoms with Crippen LogP contribution in [0.3, 0.4) is 0 Å². The van der Waals surface area contributed by atoms with Gasteiger partial charge in [-0.05, 0) is 25.3 Å². The van der Waals surface area contributed by atoms with E-state index in [1.165, 1.54) is 7.11 Å². The van der Waals surface area contributed by atoms with Crippen molar-refractivity contribution < 1.29 is 45.8 Å². The number of nitrogens with one attached hydrogen (secondary N) is 2. The van der Waals surface area contributed by atoms with Gasteiger partial charge in [-0.1, -0.05) is 11.6 Å². The molecule has 0 saturated heterocycles. The summed E-state index contributed by atoms with van der Waals surface area (Å²) in [5, 5.41) is 4.57. The summed E-state index contributed by atoms with van der Waals surface area (Å²) in [6, 6.07) is 1.82. The second kappa shape index (κ2) is 7.29. The Morgan fingerprint density at radius 1 is 1.09 bits per heavy atom. The highest BCUT2D eigenvalue weighted by molar-refractivity contribution is 6.33. The van der Waals surface area contributed by atoms with Gasteiger partial charge in [0.15, 0.2) is 11.5 Å². The molecule has 35 heavy (non-hydrogen) atoms. The van der Waals surface area contributed by atoms with Gasteiger partial charge in [0, 0.05) is 11.6 Å². The molecular weight excluding hydrogens is 507 g/mol. The van der Waals surface area contributed by atoms with Crippen molar-refractivity contribution in [3.05, 3.63) is 34.7 Å².